The Labute approximate surface area is 134 Å². The third-order valence-electron chi connectivity index (χ3n) is 3.54. The van der Waals surface area contributed by atoms with Crippen LogP contribution in [0.1, 0.15) is 10.5 Å². The van der Waals surface area contributed by atoms with Crippen LogP contribution in [0.3, 0.4) is 0 Å². The Kier molecular flexibility index (Phi) is 4.46. The number of aromatic amines is 1. The van der Waals surface area contributed by atoms with Crippen molar-refractivity contribution >= 4 is 21.6 Å². The second-order valence-electron chi connectivity index (χ2n) is 5.09. The van der Waals surface area contributed by atoms with Gasteiger partial charge in [-0.3, -0.25) is 4.79 Å². The number of benzene rings is 1. The molecule has 1 aliphatic rings. The minimum Gasteiger partial charge on any atom is -0.379 e. The Balaban J connectivity index is 1.76. The summed E-state index contributed by atoms with van der Waals surface area (Å²) in [6.07, 6.45) is 1.34. The summed E-state index contributed by atoms with van der Waals surface area (Å²) in [4.78, 5) is 15.0. The van der Waals surface area contributed by atoms with Gasteiger partial charge in [0.05, 0.1) is 13.2 Å². The largest absolute Gasteiger partial charge is 0.379 e. The molecular formula is C15H17N3O4S. The van der Waals surface area contributed by atoms with E-state index in [0.29, 0.717) is 32.0 Å². The molecule has 0 atom stereocenters. The summed E-state index contributed by atoms with van der Waals surface area (Å²) in [6, 6.07) is 10.3. The van der Waals surface area contributed by atoms with Gasteiger partial charge >= 0.3 is 0 Å². The van der Waals surface area contributed by atoms with E-state index in [1.54, 1.807) is 24.3 Å². The molecule has 0 unspecified atom stereocenters. The molecule has 0 saturated carbocycles. The van der Waals surface area contributed by atoms with Crippen molar-refractivity contribution in [1.29, 1.82) is 0 Å². The Morgan fingerprint density at radius 2 is 1.87 bits per heavy atom. The van der Waals surface area contributed by atoms with Gasteiger partial charge < -0.3 is 15.0 Å². The standard InChI is InChI=1S/C15H17N3O4S/c19-15(17-12-4-2-1-3-5-12)14-10-13(11-16-14)23(20,21)18-6-8-22-9-7-18/h1-5,10-11,16H,6-9H2,(H,17,19). The lowest BCUT2D eigenvalue weighted by atomic mass is 10.3. The molecule has 0 radical (unpaired) electrons. The van der Waals surface area contributed by atoms with E-state index in [-0.39, 0.29) is 16.5 Å². The zero-order valence-electron chi connectivity index (χ0n) is 12.4. The Morgan fingerprint density at radius 1 is 1.17 bits per heavy atom. The number of rotatable bonds is 4. The number of hydrogen-bond donors (Lipinski definition) is 2. The molecule has 1 saturated heterocycles. The Bertz CT molecular complexity index is 780. The highest BCUT2D eigenvalue weighted by molar-refractivity contribution is 7.89. The van der Waals surface area contributed by atoms with Gasteiger partial charge in [0.25, 0.3) is 5.91 Å². The van der Waals surface area contributed by atoms with Gasteiger partial charge in [0.2, 0.25) is 10.0 Å². The van der Waals surface area contributed by atoms with Crippen LogP contribution in [0, 0.1) is 0 Å². The molecule has 0 spiro atoms. The average molecular weight is 335 g/mol. The molecule has 122 valence electrons. The van der Waals surface area contributed by atoms with Gasteiger partial charge in [-0.15, -0.1) is 0 Å². The molecule has 0 bridgehead atoms. The quantitative estimate of drug-likeness (QED) is 0.881. The number of carbonyl (C=O) groups excluding carboxylic acids is 1. The first-order valence-corrected chi connectivity index (χ1v) is 8.64. The number of morpholine rings is 1. The van der Waals surface area contributed by atoms with Gasteiger partial charge in [-0.05, 0) is 18.2 Å². The van der Waals surface area contributed by atoms with E-state index in [1.165, 1.54) is 16.6 Å². The first-order chi connectivity index (χ1) is 11.1. The molecule has 3 rings (SSSR count). The highest BCUT2D eigenvalue weighted by Crippen LogP contribution is 2.18. The van der Waals surface area contributed by atoms with Crippen molar-refractivity contribution in [3.63, 3.8) is 0 Å². The number of nitrogens with one attached hydrogen (secondary N) is 2. The van der Waals surface area contributed by atoms with Crippen molar-refractivity contribution in [3.05, 3.63) is 48.3 Å². The minimum absolute atomic E-state index is 0.0811. The van der Waals surface area contributed by atoms with Gasteiger partial charge in [0, 0.05) is 25.0 Å². The molecular weight excluding hydrogens is 318 g/mol. The van der Waals surface area contributed by atoms with E-state index in [0.717, 1.165) is 0 Å². The van der Waals surface area contributed by atoms with E-state index < -0.39 is 10.0 Å². The fourth-order valence-electron chi connectivity index (χ4n) is 2.31. The van der Waals surface area contributed by atoms with Crippen LogP contribution in [0.2, 0.25) is 0 Å². The fourth-order valence-corrected chi connectivity index (χ4v) is 3.71. The van der Waals surface area contributed by atoms with Crippen LogP contribution in [-0.2, 0) is 14.8 Å². The molecule has 1 fully saturated rings. The summed E-state index contributed by atoms with van der Waals surface area (Å²) in [7, 11) is -3.61. The van der Waals surface area contributed by atoms with Crippen molar-refractivity contribution in [2.24, 2.45) is 0 Å². The fraction of sp³-hybridized carbons (Fsp3) is 0.267. The molecule has 2 heterocycles. The number of sulfonamides is 1. The molecule has 7 nitrogen and oxygen atoms in total. The maximum Gasteiger partial charge on any atom is 0.272 e. The molecule has 1 aromatic heterocycles. The lowest BCUT2D eigenvalue weighted by molar-refractivity contribution is 0.0730. The predicted octanol–water partition coefficient (Wildman–Crippen LogP) is 1.29. The molecule has 8 heteroatoms. The van der Waals surface area contributed by atoms with Crippen LogP contribution in [0.25, 0.3) is 0 Å². The van der Waals surface area contributed by atoms with Crippen molar-refractivity contribution in [2.75, 3.05) is 31.6 Å². The van der Waals surface area contributed by atoms with Gasteiger partial charge in [-0.25, -0.2) is 8.42 Å². The second kappa shape index (κ2) is 6.53. The number of hydrogen-bond acceptors (Lipinski definition) is 4. The average Bonchev–Trinajstić information content (AvgIpc) is 3.07. The number of aromatic nitrogens is 1. The summed E-state index contributed by atoms with van der Waals surface area (Å²) < 4.78 is 31.5. The van der Waals surface area contributed by atoms with Crippen LogP contribution in [0.15, 0.2) is 47.5 Å². The third-order valence-corrected chi connectivity index (χ3v) is 5.42. The van der Waals surface area contributed by atoms with E-state index in [4.69, 9.17) is 4.74 Å². The third kappa shape index (κ3) is 3.44. The minimum atomic E-state index is -3.61. The molecule has 2 N–H and O–H groups in total. The summed E-state index contributed by atoms with van der Waals surface area (Å²) >= 11 is 0. The number of H-pyrrole nitrogens is 1. The van der Waals surface area contributed by atoms with Crippen LogP contribution >= 0.6 is 0 Å². The van der Waals surface area contributed by atoms with E-state index in [2.05, 4.69) is 10.3 Å². The predicted molar refractivity (Wildman–Crippen MR) is 84.8 cm³/mol. The van der Waals surface area contributed by atoms with Crippen molar-refractivity contribution in [1.82, 2.24) is 9.29 Å². The van der Waals surface area contributed by atoms with Crippen molar-refractivity contribution < 1.29 is 17.9 Å². The summed E-state index contributed by atoms with van der Waals surface area (Å²) in [6.45, 7) is 1.40. The first-order valence-electron chi connectivity index (χ1n) is 7.20. The number of anilines is 1. The van der Waals surface area contributed by atoms with Crippen LogP contribution in [0.4, 0.5) is 5.69 Å². The highest BCUT2D eigenvalue weighted by atomic mass is 32.2. The summed E-state index contributed by atoms with van der Waals surface area (Å²) in [5.41, 5.74) is 0.838. The van der Waals surface area contributed by atoms with Gasteiger partial charge in [-0.1, -0.05) is 18.2 Å². The lowest BCUT2D eigenvalue weighted by Crippen LogP contribution is -2.40. The highest BCUT2D eigenvalue weighted by Gasteiger charge is 2.27. The van der Waals surface area contributed by atoms with E-state index in [1.807, 2.05) is 6.07 Å². The number of nitrogens with zero attached hydrogens (tertiary/aromatic N) is 1. The zero-order chi connectivity index (χ0) is 16.3. The lowest BCUT2D eigenvalue weighted by Gasteiger charge is -2.25. The van der Waals surface area contributed by atoms with Gasteiger partial charge in [0.15, 0.2) is 0 Å². The van der Waals surface area contributed by atoms with E-state index >= 15 is 0 Å². The molecule has 0 aliphatic carbocycles. The van der Waals surface area contributed by atoms with Gasteiger partial charge in [0.1, 0.15) is 10.6 Å². The monoisotopic (exact) mass is 335 g/mol. The molecule has 23 heavy (non-hydrogen) atoms. The maximum absolute atomic E-state index is 12.5. The van der Waals surface area contributed by atoms with Crippen LogP contribution in [-0.4, -0.2) is 49.9 Å². The molecule has 1 amide bonds. The molecule has 1 aromatic carbocycles. The first kappa shape index (κ1) is 15.7. The van der Waals surface area contributed by atoms with Crippen molar-refractivity contribution in [2.45, 2.75) is 4.90 Å². The van der Waals surface area contributed by atoms with E-state index in [9.17, 15) is 13.2 Å². The Morgan fingerprint density at radius 3 is 2.57 bits per heavy atom. The van der Waals surface area contributed by atoms with Crippen LogP contribution < -0.4 is 5.32 Å². The molecule has 1 aliphatic heterocycles. The topological polar surface area (TPSA) is 91.5 Å². The van der Waals surface area contributed by atoms with Crippen molar-refractivity contribution in [3.8, 4) is 0 Å². The normalized spacial score (nSPS) is 16.2. The number of para-hydroxylation sites is 1. The maximum atomic E-state index is 12.5. The number of ether oxygens (including phenoxy) is 1. The smallest absolute Gasteiger partial charge is 0.272 e. The molecule has 2 aromatic rings. The van der Waals surface area contributed by atoms with Crippen LogP contribution in [0.5, 0.6) is 0 Å². The summed E-state index contributed by atoms with van der Waals surface area (Å²) in [5.74, 6) is -0.389. The zero-order valence-corrected chi connectivity index (χ0v) is 13.2. The summed E-state index contributed by atoms with van der Waals surface area (Å²) in [5, 5.41) is 2.70. The second-order valence-corrected chi connectivity index (χ2v) is 7.02. The SMILES string of the molecule is O=C(Nc1ccccc1)c1cc(S(=O)(=O)N2CCOCC2)c[nH]1. The van der Waals surface area contributed by atoms with Gasteiger partial charge in [-0.2, -0.15) is 4.31 Å². The number of amides is 1. The Hall–Kier alpha value is -2.16. The number of carbonyl (C=O) groups is 1.